The molecule has 0 atom stereocenters. The van der Waals surface area contributed by atoms with Crippen LogP contribution in [0.5, 0.6) is 0 Å². The van der Waals surface area contributed by atoms with Crippen LogP contribution in [0.15, 0.2) is 48.5 Å². The zero-order valence-corrected chi connectivity index (χ0v) is 15.0. The van der Waals surface area contributed by atoms with E-state index >= 15 is 0 Å². The van der Waals surface area contributed by atoms with Crippen LogP contribution in [0.4, 0.5) is 11.4 Å². The van der Waals surface area contributed by atoms with E-state index in [-0.39, 0.29) is 17.6 Å². The number of hydrogen-bond acceptors (Lipinski definition) is 3. The summed E-state index contributed by atoms with van der Waals surface area (Å²) in [6.07, 6.45) is 2.00. The molecule has 5 heteroatoms. The molecule has 0 bridgehead atoms. The van der Waals surface area contributed by atoms with Gasteiger partial charge in [-0.05, 0) is 68.1 Å². The number of aryl methyl sites for hydroxylation is 1. The summed E-state index contributed by atoms with van der Waals surface area (Å²) < 4.78 is 0. The largest absolute Gasteiger partial charge is 0.325 e. The summed E-state index contributed by atoms with van der Waals surface area (Å²) in [5, 5.41) is 5.63. The second kappa shape index (κ2) is 7.12. The zero-order valence-electron chi connectivity index (χ0n) is 15.0. The highest BCUT2D eigenvalue weighted by Crippen LogP contribution is 2.47. The van der Waals surface area contributed by atoms with Gasteiger partial charge < -0.3 is 10.6 Å². The average molecular weight is 350 g/mol. The smallest absolute Gasteiger partial charge is 0.240 e. The summed E-state index contributed by atoms with van der Waals surface area (Å²) in [7, 11) is 0. The Bertz CT molecular complexity index is 835. The number of nitrogens with one attached hydrogen (secondary N) is 2. The highest BCUT2D eigenvalue weighted by molar-refractivity contribution is 6.17. The maximum Gasteiger partial charge on any atom is 0.240 e. The van der Waals surface area contributed by atoms with E-state index in [0.717, 1.165) is 6.42 Å². The normalized spacial score (nSPS) is 14.4. The second-order valence-corrected chi connectivity index (χ2v) is 6.67. The van der Waals surface area contributed by atoms with Crippen LogP contribution in [0.3, 0.4) is 0 Å². The van der Waals surface area contributed by atoms with Crippen LogP contribution in [-0.2, 0) is 16.0 Å². The van der Waals surface area contributed by atoms with Gasteiger partial charge in [-0.3, -0.25) is 14.4 Å². The number of Topliss-reactive ketones (excluding diaryl/α,β-unsaturated/α-hetero) is 1. The van der Waals surface area contributed by atoms with Gasteiger partial charge in [0.2, 0.25) is 11.8 Å². The lowest BCUT2D eigenvalue weighted by atomic mass is 10.0. The fraction of sp³-hybridized carbons (Fsp3) is 0.286. The number of benzene rings is 2. The topological polar surface area (TPSA) is 75.3 Å². The summed E-state index contributed by atoms with van der Waals surface area (Å²) in [4.78, 5) is 36.5. The first kappa shape index (κ1) is 17.9. The van der Waals surface area contributed by atoms with Gasteiger partial charge in [-0.1, -0.05) is 19.1 Å². The Labute approximate surface area is 152 Å². The van der Waals surface area contributed by atoms with Gasteiger partial charge in [-0.25, -0.2) is 0 Å². The van der Waals surface area contributed by atoms with Crippen molar-refractivity contribution in [1.29, 1.82) is 0 Å². The monoisotopic (exact) mass is 350 g/mol. The molecule has 0 radical (unpaired) electrons. The van der Waals surface area contributed by atoms with Gasteiger partial charge in [0, 0.05) is 16.9 Å². The predicted octanol–water partition coefficient (Wildman–Crippen LogP) is 3.81. The van der Waals surface area contributed by atoms with Crippen molar-refractivity contribution in [2.75, 3.05) is 10.6 Å². The van der Waals surface area contributed by atoms with Crippen LogP contribution < -0.4 is 10.6 Å². The van der Waals surface area contributed by atoms with Crippen molar-refractivity contribution in [1.82, 2.24) is 0 Å². The molecule has 0 spiro atoms. The Morgan fingerprint density at radius 3 is 1.69 bits per heavy atom. The molecule has 2 amide bonds. The van der Waals surface area contributed by atoms with Crippen LogP contribution in [-0.4, -0.2) is 17.6 Å². The number of carbonyl (C=O) groups is 3. The van der Waals surface area contributed by atoms with Gasteiger partial charge in [-0.15, -0.1) is 0 Å². The highest BCUT2D eigenvalue weighted by atomic mass is 16.2. The summed E-state index contributed by atoms with van der Waals surface area (Å²) in [6.45, 7) is 3.56. The van der Waals surface area contributed by atoms with Crippen LogP contribution >= 0.6 is 0 Å². The second-order valence-electron chi connectivity index (χ2n) is 6.67. The molecule has 1 aliphatic carbocycles. The number of rotatable bonds is 6. The van der Waals surface area contributed by atoms with Crippen LogP contribution in [0, 0.1) is 5.41 Å². The van der Waals surface area contributed by atoms with E-state index in [4.69, 9.17) is 0 Å². The Kier molecular flexibility index (Phi) is 4.89. The first-order valence-corrected chi connectivity index (χ1v) is 8.77. The van der Waals surface area contributed by atoms with Crippen molar-refractivity contribution >= 4 is 29.0 Å². The van der Waals surface area contributed by atoms with Crippen molar-refractivity contribution < 1.29 is 14.4 Å². The molecule has 2 aromatic carbocycles. The van der Waals surface area contributed by atoms with Crippen molar-refractivity contribution in [3.05, 3.63) is 59.7 Å². The third kappa shape index (κ3) is 3.67. The minimum Gasteiger partial charge on any atom is -0.325 e. The van der Waals surface area contributed by atoms with E-state index in [1.807, 2.05) is 24.3 Å². The van der Waals surface area contributed by atoms with Gasteiger partial charge in [-0.2, -0.15) is 0 Å². The van der Waals surface area contributed by atoms with Gasteiger partial charge in [0.05, 0.1) is 0 Å². The van der Waals surface area contributed by atoms with E-state index in [0.29, 0.717) is 29.8 Å². The maximum atomic E-state index is 12.6. The third-order valence-corrected chi connectivity index (χ3v) is 4.79. The molecular formula is C21H22N2O3. The lowest BCUT2D eigenvalue weighted by Crippen LogP contribution is -2.35. The van der Waals surface area contributed by atoms with Gasteiger partial charge >= 0.3 is 0 Å². The molecule has 26 heavy (non-hydrogen) atoms. The standard InChI is InChI=1S/C21H22N2O3/c1-3-15-4-8-17(9-5-15)22-19(25)21(12-13-21)20(26)23-18-10-6-16(7-11-18)14(2)24/h4-11H,3,12-13H2,1-2H3,(H,22,25)(H,23,26). The first-order valence-electron chi connectivity index (χ1n) is 8.77. The maximum absolute atomic E-state index is 12.6. The van der Waals surface area contributed by atoms with E-state index < -0.39 is 5.41 Å². The number of carbonyl (C=O) groups excluding carboxylic acids is 3. The molecule has 0 saturated heterocycles. The molecule has 1 fully saturated rings. The van der Waals surface area contributed by atoms with Gasteiger partial charge in [0.15, 0.2) is 5.78 Å². The van der Waals surface area contributed by atoms with Crippen molar-refractivity contribution in [2.24, 2.45) is 5.41 Å². The minimum absolute atomic E-state index is 0.0324. The molecule has 1 saturated carbocycles. The molecule has 2 aromatic rings. The minimum atomic E-state index is -1.01. The fourth-order valence-electron chi connectivity index (χ4n) is 2.80. The highest BCUT2D eigenvalue weighted by Gasteiger charge is 2.56. The van der Waals surface area contributed by atoms with Gasteiger partial charge in [0.1, 0.15) is 5.41 Å². The third-order valence-electron chi connectivity index (χ3n) is 4.79. The molecule has 5 nitrogen and oxygen atoms in total. The molecule has 0 unspecified atom stereocenters. The summed E-state index contributed by atoms with van der Waals surface area (Å²) in [5.41, 5.74) is 2.03. The Hall–Kier alpha value is -2.95. The molecule has 0 heterocycles. The predicted molar refractivity (Wildman–Crippen MR) is 101 cm³/mol. The first-order chi connectivity index (χ1) is 12.4. The van der Waals surface area contributed by atoms with Crippen molar-refractivity contribution in [2.45, 2.75) is 33.1 Å². The number of amides is 2. The molecular weight excluding hydrogens is 328 g/mol. The Morgan fingerprint density at radius 2 is 1.31 bits per heavy atom. The van der Waals surface area contributed by atoms with Gasteiger partial charge in [0.25, 0.3) is 0 Å². The average Bonchev–Trinajstić information content (AvgIpc) is 3.45. The number of hydrogen-bond donors (Lipinski definition) is 2. The number of anilines is 2. The zero-order chi connectivity index (χ0) is 18.7. The molecule has 0 aromatic heterocycles. The van der Waals surface area contributed by atoms with Crippen molar-refractivity contribution in [3.8, 4) is 0 Å². The van der Waals surface area contributed by atoms with E-state index in [1.54, 1.807) is 24.3 Å². The van der Waals surface area contributed by atoms with E-state index in [9.17, 15) is 14.4 Å². The van der Waals surface area contributed by atoms with Crippen molar-refractivity contribution in [3.63, 3.8) is 0 Å². The van der Waals surface area contributed by atoms with Crippen LogP contribution in [0.2, 0.25) is 0 Å². The summed E-state index contributed by atoms with van der Waals surface area (Å²) >= 11 is 0. The number of ketones is 1. The summed E-state index contributed by atoms with van der Waals surface area (Å²) in [5.74, 6) is -0.620. The Balaban J connectivity index is 1.65. The molecule has 1 aliphatic rings. The van der Waals surface area contributed by atoms with E-state index in [1.165, 1.54) is 12.5 Å². The SMILES string of the molecule is CCc1ccc(NC(=O)C2(C(=O)Nc3ccc(C(C)=O)cc3)CC2)cc1. The molecule has 134 valence electrons. The molecule has 2 N–H and O–H groups in total. The quantitative estimate of drug-likeness (QED) is 0.614. The van der Waals surface area contributed by atoms with E-state index in [2.05, 4.69) is 17.6 Å². The molecule has 0 aliphatic heterocycles. The lowest BCUT2D eigenvalue weighted by Gasteiger charge is -2.16. The van der Waals surface area contributed by atoms with Crippen LogP contribution in [0.1, 0.15) is 42.6 Å². The fourth-order valence-corrected chi connectivity index (χ4v) is 2.80. The van der Waals surface area contributed by atoms with Crippen LogP contribution in [0.25, 0.3) is 0 Å². The Morgan fingerprint density at radius 1 is 0.846 bits per heavy atom. The lowest BCUT2D eigenvalue weighted by molar-refractivity contribution is -0.131. The summed E-state index contributed by atoms with van der Waals surface area (Å²) in [6, 6.07) is 14.3. The molecule has 3 rings (SSSR count).